The molecule has 1 aromatic heterocycles. The number of hydrogen-bond acceptors (Lipinski definition) is 6. The number of rotatable bonds is 4. The molecule has 2 rings (SSSR count). The van der Waals surface area contributed by atoms with E-state index in [0.717, 1.165) is 12.1 Å². The Labute approximate surface area is 121 Å². The molecule has 0 spiro atoms. The Bertz CT molecular complexity index is 871. The molecule has 0 saturated heterocycles. The Morgan fingerprint density at radius 2 is 2.10 bits per heavy atom. The number of aromatic nitrogens is 1. The minimum atomic E-state index is -4.07. The summed E-state index contributed by atoms with van der Waals surface area (Å²) in [6.07, 6.45) is 0. The number of aromatic amines is 1. The van der Waals surface area contributed by atoms with E-state index in [1.165, 1.54) is 6.92 Å². The fraction of sp³-hybridized carbons (Fsp3) is 0.100. The number of H-pyrrole nitrogens is 1. The van der Waals surface area contributed by atoms with Gasteiger partial charge in [-0.25, -0.2) is 8.42 Å². The summed E-state index contributed by atoms with van der Waals surface area (Å²) in [7, 11) is -4.07. The summed E-state index contributed by atoms with van der Waals surface area (Å²) in [5.41, 5.74) is -0.793. The molecular formula is C10H8FN3O5S2. The maximum absolute atomic E-state index is 13.4. The van der Waals surface area contributed by atoms with Crippen LogP contribution in [0.4, 0.5) is 15.8 Å². The van der Waals surface area contributed by atoms with E-state index in [-0.39, 0.29) is 15.6 Å². The van der Waals surface area contributed by atoms with Gasteiger partial charge in [0.05, 0.1) is 10.6 Å². The van der Waals surface area contributed by atoms with Gasteiger partial charge in [-0.15, -0.1) is 0 Å². The van der Waals surface area contributed by atoms with Crippen LogP contribution < -0.4 is 9.60 Å². The number of aryl methyl sites for hydroxylation is 1. The first kappa shape index (κ1) is 15.1. The number of benzene rings is 1. The van der Waals surface area contributed by atoms with Crippen LogP contribution in [0.5, 0.6) is 0 Å². The molecule has 1 heterocycles. The third kappa shape index (κ3) is 3.08. The monoisotopic (exact) mass is 333 g/mol. The minimum Gasteiger partial charge on any atom is -0.315 e. The number of anilines is 1. The predicted octanol–water partition coefficient (Wildman–Crippen LogP) is 1.59. The van der Waals surface area contributed by atoms with E-state index >= 15 is 0 Å². The normalized spacial score (nSPS) is 11.3. The largest absolute Gasteiger partial charge is 0.315 e. The van der Waals surface area contributed by atoms with Crippen molar-refractivity contribution in [3.05, 3.63) is 49.5 Å². The summed E-state index contributed by atoms with van der Waals surface area (Å²) in [5.74, 6) is -1.17. The van der Waals surface area contributed by atoms with E-state index in [4.69, 9.17) is 0 Å². The lowest BCUT2D eigenvalue weighted by Gasteiger charge is -2.06. The molecule has 0 atom stereocenters. The molecular weight excluding hydrogens is 325 g/mol. The molecule has 2 N–H and O–H groups in total. The Morgan fingerprint density at radius 3 is 2.57 bits per heavy atom. The van der Waals surface area contributed by atoms with Gasteiger partial charge in [-0.2, -0.15) is 4.39 Å². The van der Waals surface area contributed by atoms with Gasteiger partial charge in [0, 0.05) is 17.8 Å². The van der Waals surface area contributed by atoms with Gasteiger partial charge in [-0.3, -0.25) is 19.6 Å². The molecule has 0 aliphatic rings. The number of halogens is 1. The van der Waals surface area contributed by atoms with Gasteiger partial charge in [-0.1, -0.05) is 11.3 Å². The average Bonchev–Trinajstić information content (AvgIpc) is 2.68. The van der Waals surface area contributed by atoms with Gasteiger partial charge < -0.3 is 4.98 Å². The van der Waals surface area contributed by atoms with Crippen molar-refractivity contribution in [3.63, 3.8) is 0 Å². The SMILES string of the molecule is Cc1[nH]c(=O)sc1S(=O)(=O)Nc1ccc([N+](=O)[O-])c(F)c1. The van der Waals surface area contributed by atoms with Gasteiger partial charge in [0.1, 0.15) is 0 Å². The van der Waals surface area contributed by atoms with Crippen molar-refractivity contribution in [2.75, 3.05) is 4.72 Å². The summed E-state index contributed by atoms with van der Waals surface area (Å²) in [6, 6.07) is 2.60. The molecule has 0 fully saturated rings. The highest BCUT2D eigenvalue weighted by molar-refractivity contribution is 7.94. The van der Waals surface area contributed by atoms with Crippen LogP contribution in [0.1, 0.15) is 5.69 Å². The molecule has 0 saturated carbocycles. The second-order valence-electron chi connectivity index (χ2n) is 3.96. The molecule has 0 radical (unpaired) electrons. The Hall–Kier alpha value is -2.27. The number of thiazole rings is 1. The van der Waals surface area contributed by atoms with Gasteiger partial charge in [-0.05, 0) is 13.0 Å². The van der Waals surface area contributed by atoms with Crippen molar-refractivity contribution < 1.29 is 17.7 Å². The van der Waals surface area contributed by atoms with Crippen LogP contribution in [0, 0.1) is 22.9 Å². The van der Waals surface area contributed by atoms with Crippen LogP contribution in [-0.2, 0) is 10.0 Å². The number of sulfonamides is 1. The molecule has 2 aromatic rings. The second kappa shape index (κ2) is 5.26. The summed E-state index contributed by atoms with van der Waals surface area (Å²) in [6.45, 7) is 1.41. The van der Waals surface area contributed by atoms with Crippen LogP contribution in [-0.4, -0.2) is 18.3 Å². The van der Waals surface area contributed by atoms with Crippen molar-refractivity contribution in [1.29, 1.82) is 0 Å². The highest BCUT2D eigenvalue weighted by Gasteiger charge is 2.22. The van der Waals surface area contributed by atoms with Gasteiger partial charge in [0.15, 0.2) is 4.21 Å². The van der Waals surface area contributed by atoms with E-state index in [0.29, 0.717) is 17.4 Å². The highest BCUT2D eigenvalue weighted by atomic mass is 32.2. The Kier molecular flexibility index (Phi) is 3.78. The zero-order valence-electron chi connectivity index (χ0n) is 10.4. The first-order valence-corrected chi connectivity index (χ1v) is 7.67. The van der Waals surface area contributed by atoms with Crippen LogP contribution in [0.3, 0.4) is 0 Å². The Balaban J connectivity index is 2.37. The fourth-order valence-electron chi connectivity index (χ4n) is 1.57. The summed E-state index contributed by atoms with van der Waals surface area (Å²) >= 11 is 0.489. The van der Waals surface area contributed by atoms with E-state index < -0.39 is 31.3 Å². The van der Waals surface area contributed by atoms with E-state index in [2.05, 4.69) is 9.71 Å². The van der Waals surface area contributed by atoms with Crippen LogP contribution in [0.15, 0.2) is 27.2 Å². The highest BCUT2D eigenvalue weighted by Crippen LogP contribution is 2.24. The fourth-order valence-corrected chi connectivity index (χ4v) is 3.92. The van der Waals surface area contributed by atoms with Crippen molar-refractivity contribution in [3.8, 4) is 0 Å². The topological polar surface area (TPSA) is 122 Å². The lowest BCUT2D eigenvalue weighted by atomic mass is 10.3. The van der Waals surface area contributed by atoms with Crippen LogP contribution in [0.25, 0.3) is 0 Å². The molecule has 0 bridgehead atoms. The van der Waals surface area contributed by atoms with Crippen molar-refractivity contribution in [1.82, 2.24) is 4.98 Å². The molecule has 0 aliphatic heterocycles. The number of nitrogens with zero attached hydrogens (tertiary/aromatic N) is 1. The third-order valence-corrected chi connectivity index (χ3v) is 5.41. The lowest BCUT2D eigenvalue weighted by molar-refractivity contribution is -0.387. The number of hydrogen-bond donors (Lipinski definition) is 2. The minimum absolute atomic E-state index is 0.153. The molecule has 1 aromatic carbocycles. The maximum Gasteiger partial charge on any atom is 0.306 e. The zero-order chi connectivity index (χ0) is 15.8. The molecule has 0 unspecified atom stereocenters. The van der Waals surface area contributed by atoms with Crippen molar-refractivity contribution in [2.45, 2.75) is 11.1 Å². The average molecular weight is 333 g/mol. The van der Waals surface area contributed by atoms with Crippen molar-refractivity contribution in [2.24, 2.45) is 0 Å². The number of nitrogens with one attached hydrogen (secondary N) is 2. The summed E-state index contributed by atoms with van der Waals surface area (Å²) in [5, 5.41) is 10.5. The summed E-state index contributed by atoms with van der Waals surface area (Å²) in [4.78, 5) is 22.5. The van der Waals surface area contributed by atoms with Crippen LogP contribution in [0.2, 0.25) is 0 Å². The molecule has 11 heteroatoms. The molecule has 8 nitrogen and oxygen atoms in total. The standard InChI is InChI=1S/C10H8FN3O5S2/c1-5-9(20-10(15)12-5)21(18,19)13-6-2-3-8(14(16)17)7(11)4-6/h2-4,13H,1H3,(H,12,15). The molecule has 21 heavy (non-hydrogen) atoms. The summed E-state index contributed by atoms with van der Waals surface area (Å²) < 4.78 is 39.4. The van der Waals surface area contributed by atoms with Crippen molar-refractivity contribution >= 4 is 32.7 Å². The maximum atomic E-state index is 13.4. The van der Waals surface area contributed by atoms with Gasteiger partial charge >= 0.3 is 10.6 Å². The van der Waals surface area contributed by atoms with Gasteiger partial charge in [0.2, 0.25) is 5.82 Å². The predicted molar refractivity (Wildman–Crippen MR) is 73.5 cm³/mol. The zero-order valence-corrected chi connectivity index (χ0v) is 12.0. The molecule has 0 aliphatic carbocycles. The van der Waals surface area contributed by atoms with E-state index in [1.807, 2.05) is 0 Å². The number of nitro benzene ring substituents is 1. The third-order valence-electron chi connectivity index (χ3n) is 2.42. The Morgan fingerprint density at radius 1 is 1.43 bits per heavy atom. The van der Waals surface area contributed by atoms with E-state index in [9.17, 15) is 27.7 Å². The van der Waals surface area contributed by atoms with Crippen LogP contribution >= 0.6 is 11.3 Å². The molecule has 112 valence electrons. The van der Waals surface area contributed by atoms with Gasteiger partial charge in [0.25, 0.3) is 10.0 Å². The van der Waals surface area contributed by atoms with E-state index in [1.54, 1.807) is 0 Å². The number of nitro groups is 1. The second-order valence-corrected chi connectivity index (χ2v) is 6.82. The smallest absolute Gasteiger partial charge is 0.306 e. The first-order valence-electron chi connectivity index (χ1n) is 5.37. The first-order chi connectivity index (χ1) is 9.70. The lowest BCUT2D eigenvalue weighted by Crippen LogP contribution is -2.13. The quantitative estimate of drug-likeness (QED) is 0.650. The molecule has 0 amide bonds.